The average molecular weight is 314 g/mol. The molecule has 1 saturated carbocycles. The second-order valence-corrected chi connectivity index (χ2v) is 7.49. The van der Waals surface area contributed by atoms with Gasteiger partial charge in [0.2, 0.25) is 0 Å². The summed E-state index contributed by atoms with van der Waals surface area (Å²) in [5.74, 6) is 2.25. The van der Waals surface area contributed by atoms with Gasteiger partial charge in [0.1, 0.15) is 0 Å². The largest absolute Gasteiger partial charge is 0.382 e. The molecule has 0 aromatic carbocycles. The van der Waals surface area contributed by atoms with E-state index in [-0.39, 0.29) is 11.4 Å². The Morgan fingerprint density at radius 1 is 1.24 bits per heavy atom. The lowest BCUT2D eigenvalue weighted by Gasteiger charge is -2.31. The molecule has 0 spiro atoms. The van der Waals surface area contributed by atoms with Crippen molar-refractivity contribution in [3.8, 4) is 0 Å². The van der Waals surface area contributed by atoms with Gasteiger partial charge >= 0.3 is 6.03 Å². The monoisotopic (exact) mass is 314 g/mol. The first-order valence-electron chi connectivity index (χ1n) is 8.44. The van der Waals surface area contributed by atoms with Crippen LogP contribution in [0.5, 0.6) is 0 Å². The van der Waals surface area contributed by atoms with Gasteiger partial charge in [-0.2, -0.15) is 11.8 Å². The van der Waals surface area contributed by atoms with E-state index in [0.717, 1.165) is 51.4 Å². The van der Waals surface area contributed by atoms with Crippen molar-refractivity contribution in [1.82, 2.24) is 10.2 Å². The molecule has 0 unspecified atom stereocenters. The maximum absolute atomic E-state index is 12.4. The zero-order chi connectivity index (χ0) is 15.0. The van der Waals surface area contributed by atoms with E-state index >= 15 is 0 Å². The van der Waals surface area contributed by atoms with Crippen molar-refractivity contribution in [1.29, 1.82) is 0 Å². The van der Waals surface area contributed by atoms with Gasteiger partial charge in [0, 0.05) is 38.6 Å². The standard InChI is InChI=1S/C16H30N2O2S/c1-2-20-11-8-16(6-3-4-7-16)14-17-15(19)18-9-5-12-21-13-10-18/h2-14H2,1H3,(H,17,19). The number of thioether (sulfide) groups is 1. The van der Waals surface area contributed by atoms with Crippen LogP contribution < -0.4 is 5.32 Å². The topological polar surface area (TPSA) is 41.6 Å². The van der Waals surface area contributed by atoms with Crippen molar-refractivity contribution in [3.05, 3.63) is 0 Å². The summed E-state index contributed by atoms with van der Waals surface area (Å²) < 4.78 is 5.53. The molecule has 1 saturated heterocycles. The Morgan fingerprint density at radius 3 is 2.81 bits per heavy atom. The summed E-state index contributed by atoms with van der Waals surface area (Å²) >= 11 is 1.95. The maximum atomic E-state index is 12.4. The van der Waals surface area contributed by atoms with Crippen LogP contribution >= 0.6 is 11.8 Å². The SMILES string of the molecule is CCOCCC1(CNC(=O)N2CCCSCC2)CCCC1. The molecule has 2 rings (SSSR count). The van der Waals surface area contributed by atoms with Crippen molar-refractivity contribution < 1.29 is 9.53 Å². The third-order valence-corrected chi connectivity index (χ3v) is 5.82. The van der Waals surface area contributed by atoms with Crippen LogP contribution in [0.2, 0.25) is 0 Å². The highest BCUT2D eigenvalue weighted by Gasteiger charge is 2.34. The Bertz CT molecular complexity index is 311. The van der Waals surface area contributed by atoms with Gasteiger partial charge in [0.25, 0.3) is 0 Å². The normalized spacial score (nSPS) is 22.0. The number of hydrogen-bond donors (Lipinski definition) is 1. The number of carbonyl (C=O) groups is 1. The predicted octanol–water partition coefficient (Wildman–Crippen LogP) is 3.12. The highest BCUT2D eigenvalue weighted by Crippen LogP contribution is 2.40. The minimum absolute atomic E-state index is 0.139. The van der Waals surface area contributed by atoms with Crippen molar-refractivity contribution in [2.24, 2.45) is 5.41 Å². The molecule has 0 aromatic heterocycles. The Hall–Kier alpha value is -0.420. The fourth-order valence-electron chi connectivity index (χ4n) is 3.40. The van der Waals surface area contributed by atoms with Gasteiger partial charge in [-0.1, -0.05) is 12.8 Å². The summed E-state index contributed by atoms with van der Waals surface area (Å²) in [4.78, 5) is 14.3. The van der Waals surface area contributed by atoms with Gasteiger partial charge in [-0.25, -0.2) is 4.79 Å². The number of urea groups is 1. The Morgan fingerprint density at radius 2 is 2.05 bits per heavy atom. The number of amides is 2. The molecule has 0 aromatic rings. The summed E-state index contributed by atoms with van der Waals surface area (Å²) in [5, 5.41) is 3.21. The second-order valence-electron chi connectivity index (χ2n) is 6.27. The molecule has 0 bridgehead atoms. The summed E-state index contributed by atoms with van der Waals surface area (Å²) in [6, 6.07) is 0.139. The van der Waals surface area contributed by atoms with Gasteiger partial charge in [0.05, 0.1) is 0 Å². The second kappa shape index (κ2) is 8.89. The molecule has 1 aliphatic heterocycles. The quantitative estimate of drug-likeness (QED) is 0.766. The van der Waals surface area contributed by atoms with E-state index in [0.29, 0.717) is 0 Å². The molecule has 0 radical (unpaired) electrons. The Kier molecular flexibility index (Phi) is 7.17. The van der Waals surface area contributed by atoms with E-state index in [9.17, 15) is 4.79 Å². The molecule has 2 fully saturated rings. The van der Waals surface area contributed by atoms with E-state index in [1.165, 1.54) is 31.4 Å². The zero-order valence-corrected chi connectivity index (χ0v) is 14.2. The highest BCUT2D eigenvalue weighted by molar-refractivity contribution is 7.99. The smallest absolute Gasteiger partial charge is 0.317 e. The lowest BCUT2D eigenvalue weighted by atomic mass is 9.83. The van der Waals surface area contributed by atoms with Crippen molar-refractivity contribution in [2.45, 2.75) is 45.4 Å². The first-order valence-corrected chi connectivity index (χ1v) is 9.59. The number of nitrogens with zero attached hydrogens (tertiary/aromatic N) is 1. The lowest BCUT2D eigenvalue weighted by Crippen LogP contribution is -2.45. The molecule has 2 aliphatic rings. The minimum Gasteiger partial charge on any atom is -0.382 e. The third kappa shape index (κ3) is 5.37. The average Bonchev–Trinajstić information content (AvgIpc) is 2.79. The summed E-state index contributed by atoms with van der Waals surface area (Å²) in [7, 11) is 0. The van der Waals surface area contributed by atoms with E-state index in [4.69, 9.17) is 4.74 Å². The first kappa shape index (κ1) is 16.9. The molecule has 122 valence electrons. The van der Waals surface area contributed by atoms with E-state index < -0.39 is 0 Å². The van der Waals surface area contributed by atoms with Crippen molar-refractivity contribution >= 4 is 17.8 Å². The van der Waals surface area contributed by atoms with E-state index in [2.05, 4.69) is 5.32 Å². The number of carbonyl (C=O) groups excluding carboxylic acids is 1. The molecule has 21 heavy (non-hydrogen) atoms. The zero-order valence-electron chi connectivity index (χ0n) is 13.4. The lowest BCUT2D eigenvalue weighted by molar-refractivity contribution is 0.102. The molecule has 5 heteroatoms. The van der Waals surface area contributed by atoms with Crippen LogP contribution in [-0.2, 0) is 4.74 Å². The highest BCUT2D eigenvalue weighted by atomic mass is 32.2. The number of rotatable bonds is 6. The number of nitrogens with one attached hydrogen (secondary N) is 1. The Labute approximate surface area is 133 Å². The number of ether oxygens (including phenoxy) is 1. The van der Waals surface area contributed by atoms with Crippen LogP contribution in [0.1, 0.15) is 45.4 Å². The summed E-state index contributed by atoms with van der Waals surface area (Å²) in [6.07, 6.45) is 7.25. The molecule has 1 N–H and O–H groups in total. The van der Waals surface area contributed by atoms with Gasteiger partial charge in [-0.15, -0.1) is 0 Å². The van der Waals surface area contributed by atoms with Gasteiger partial charge in [-0.3, -0.25) is 0 Å². The molecule has 1 heterocycles. The number of hydrogen-bond acceptors (Lipinski definition) is 3. The van der Waals surface area contributed by atoms with Crippen molar-refractivity contribution in [3.63, 3.8) is 0 Å². The molecular weight excluding hydrogens is 284 g/mol. The third-order valence-electron chi connectivity index (χ3n) is 4.77. The van der Waals surface area contributed by atoms with Crippen molar-refractivity contribution in [2.75, 3.05) is 44.4 Å². The van der Waals surface area contributed by atoms with Crippen LogP contribution in [0.25, 0.3) is 0 Å². The van der Waals surface area contributed by atoms with Crippen LogP contribution in [0.3, 0.4) is 0 Å². The van der Waals surface area contributed by atoms with E-state index in [1.54, 1.807) is 0 Å². The van der Waals surface area contributed by atoms with Gasteiger partial charge in [-0.05, 0) is 43.8 Å². The Balaban J connectivity index is 1.78. The summed E-state index contributed by atoms with van der Waals surface area (Å²) in [6.45, 7) is 6.27. The fourth-order valence-corrected chi connectivity index (χ4v) is 4.28. The molecular formula is C16H30N2O2S. The van der Waals surface area contributed by atoms with Crippen LogP contribution in [0.15, 0.2) is 0 Å². The molecule has 2 amide bonds. The fraction of sp³-hybridized carbons (Fsp3) is 0.938. The first-order chi connectivity index (χ1) is 10.3. The van der Waals surface area contributed by atoms with Gasteiger partial charge in [0.15, 0.2) is 0 Å². The molecule has 4 nitrogen and oxygen atoms in total. The minimum atomic E-state index is 0.139. The van der Waals surface area contributed by atoms with Crippen LogP contribution in [0, 0.1) is 5.41 Å². The summed E-state index contributed by atoms with van der Waals surface area (Å²) in [5.41, 5.74) is 0.283. The van der Waals surface area contributed by atoms with E-state index in [1.807, 2.05) is 23.6 Å². The van der Waals surface area contributed by atoms with Crippen LogP contribution in [0.4, 0.5) is 4.79 Å². The van der Waals surface area contributed by atoms with Gasteiger partial charge < -0.3 is 15.0 Å². The van der Waals surface area contributed by atoms with Crippen LogP contribution in [-0.4, -0.2) is 55.3 Å². The molecule has 1 aliphatic carbocycles. The maximum Gasteiger partial charge on any atom is 0.317 e. The predicted molar refractivity (Wildman–Crippen MR) is 88.9 cm³/mol. The molecule has 0 atom stereocenters.